The molecule has 0 atom stereocenters. The second kappa shape index (κ2) is 6.31. The van der Waals surface area contributed by atoms with E-state index < -0.39 is 10.0 Å². The van der Waals surface area contributed by atoms with Gasteiger partial charge < -0.3 is 4.98 Å². The van der Waals surface area contributed by atoms with E-state index in [2.05, 4.69) is 14.7 Å². The molecule has 0 spiro atoms. The number of nitrogens with zero attached hydrogens (tertiary/aromatic N) is 1. The van der Waals surface area contributed by atoms with Crippen molar-refractivity contribution < 1.29 is 8.42 Å². The zero-order valence-corrected chi connectivity index (χ0v) is 14.9. The second-order valence-electron chi connectivity index (χ2n) is 6.05. The number of fused-ring (bicyclic) bond motifs is 1. The number of imidazole rings is 1. The lowest BCUT2D eigenvalue weighted by Gasteiger charge is -2.10. The SMILES string of the molecule is Cc1ccccc1NS(=O)(=O)c1ccc2nc(-c3ccccc3)[nH]c2c1. The summed E-state index contributed by atoms with van der Waals surface area (Å²) in [5.41, 5.74) is 3.79. The Morgan fingerprint density at radius 1 is 0.923 bits per heavy atom. The maximum atomic E-state index is 12.7. The lowest BCUT2D eigenvalue weighted by Crippen LogP contribution is -2.13. The van der Waals surface area contributed by atoms with Crippen LogP contribution in [0.15, 0.2) is 77.7 Å². The van der Waals surface area contributed by atoms with Gasteiger partial charge in [0.1, 0.15) is 5.82 Å². The molecule has 3 aromatic carbocycles. The van der Waals surface area contributed by atoms with Crippen LogP contribution in [0, 0.1) is 6.92 Å². The van der Waals surface area contributed by atoms with E-state index in [1.807, 2.05) is 49.4 Å². The van der Waals surface area contributed by atoms with E-state index in [0.29, 0.717) is 17.0 Å². The Kier molecular flexibility index (Phi) is 3.97. The molecule has 0 amide bonds. The summed E-state index contributed by atoms with van der Waals surface area (Å²) in [6.07, 6.45) is 0. The van der Waals surface area contributed by atoms with Gasteiger partial charge in [-0.05, 0) is 36.8 Å². The van der Waals surface area contributed by atoms with Crippen LogP contribution in [0.1, 0.15) is 5.56 Å². The van der Waals surface area contributed by atoms with Crippen LogP contribution in [0.3, 0.4) is 0 Å². The number of hydrogen-bond acceptors (Lipinski definition) is 3. The van der Waals surface area contributed by atoms with Crippen molar-refractivity contribution in [3.63, 3.8) is 0 Å². The molecule has 0 aliphatic carbocycles. The molecular formula is C20H17N3O2S. The molecule has 26 heavy (non-hydrogen) atoms. The van der Waals surface area contributed by atoms with E-state index in [1.54, 1.807) is 30.3 Å². The molecule has 0 aliphatic rings. The largest absolute Gasteiger partial charge is 0.338 e. The number of benzene rings is 3. The summed E-state index contributed by atoms with van der Waals surface area (Å²) in [5.74, 6) is 0.710. The Morgan fingerprint density at radius 3 is 2.42 bits per heavy atom. The van der Waals surface area contributed by atoms with Gasteiger partial charge in [0.15, 0.2) is 0 Å². The summed E-state index contributed by atoms with van der Waals surface area (Å²) < 4.78 is 28.1. The molecule has 0 saturated heterocycles. The monoisotopic (exact) mass is 363 g/mol. The van der Waals surface area contributed by atoms with Crippen molar-refractivity contribution >= 4 is 26.7 Å². The van der Waals surface area contributed by atoms with Gasteiger partial charge in [0.2, 0.25) is 0 Å². The molecule has 0 radical (unpaired) electrons. The number of H-pyrrole nitrogens is 1. The average molecular weight is 363 g/mol. The molecule has 1 heterocycles. The van der Waals surface area contributed by atoms with Gasteiger partial charge in [-0.15, -0.1) is 0 Å². The van der Waals surface area contributed by atoms with Crippen molar-refractivity contribution in [3.8, 4) is 11.4 Å². The van der Waals surface area contributed by atoms with E-state index in [9.17, 15) is 8.42 Å². The Morgan fingerprint density at radius 2 is 1.65 bits per heavy atom. The maximum absolute atomic E-state index is 12.7. The van der Waals surface area contributed by atoms with Crippen molar-refractivity contribution in [2.75, 3.05) is 4.72 Å². The summed E-state index contributed by atoms with van der Waals surface area (Å²) in [6.45, 7) is 1.86. The Labute approximate surface area is 151 Å². The van der Waals surface area contributed by atoms with Crippen molar-refractivity contribution in [1.82, 2.24) is 9.97 Å². The molecule has 0 unspecified atom stereocenters. The second-order valence-corrected chi connectivity index (χ2v) is 7.73. The first kappa shape index (κ1) is 16.4. The fraction of sp³-hybridized carbons (Fsp3) is 0.0500. The highest BCUT2D eigenvalue weighted by Crippen LogP contribution is 2.24. The molecule has 0 saturated carbocycles. The number of para-hydroxylation sites is 1. The zero-order chi connectivity index (χ0) is 18.1. The third kappa shape index (κ3) is 3.07. The smallest absolute Gasteiger partial charge is 0.261 e. The van der Waals surface area contributed by atoms with Crippen LogP contribution in [0.2, 0.25) is 0 Å². The number of aromatic nitrogens is 2. The van der Waals surface area contributed by atoms with E-state index in [0.717, 1.165) is 16.6 Å². The minimum absolute atomic E-state index is 0.191. The number of hydrogen-bond donors (Lipinski definition) is 2. The first-order valence-electron chi connectivity index (χ1n) is 8.16. The first-order chi connectivity index (χ1) is 12.5. The highest BCUT2D eigenvalue weighted by molar-refractivity contribution is 7.92. The number of nitrogens with one attached hydrogen (secondary N) is 2. The molecule has 1 aromatic heterocycles. The van der Waals surface area contributed by atoms with E-state index >= 15 is 0 Å². The molecule has 0 fully saturated rings. The number of aromatic amines is 1. The third-order valence-electron chi connectivity index (χ3n) is 4.20. The fourth-order valence-corrected chi connectivity index (χ4v) is 3.94. The van der Waals surface area contributed by atoms with Gasteiger partial charge in [0.05, 0.1) is 21.6 Å². The minimum atomic E-state index is -3.68. The van der Waals surface area contributed by atoms with Gasteiger partial charge >= 0.3 is 0 Å². The Hall–Kier alpha value is -3.12. The molecule has 0 bridgehead atoms. The molecule has 5 nitrogen and oxygen atoms in total. The summed E-state index contributed by atoms with van der Waals surface area (Å²) in [5, 5.41) is 0. The Balaban J connectivity index is 1.72. The van der Waals surface area contributed by atoms with Crippen molar-refractivity contribution in [2.45, 2.75) is 11.8 Å². The number of anilines is 1. The van der Waals surface area contributed by atoms with E-state index in [-0.39, 0.29) is 4.90 Å². The van der Waals surface area contributed by atoms with Crippen LogP contribution >= 0.6 is 0 Å². The minimum Gasteiger partial charge on any atom is -0.338 e. The van der Waals surface area contributed by atoms with Crippen LogP contribution in [-0.2, 0) is 10.0 Å². The number of sulfonamides is 1. The number of aryl methyl sites for hydroxylation is 1. The van der Waals surface area contributed by atoms with Crippen LogP contribution in [0.4, 0.5) is 5.69 Å². The highest BCUT2D eigenvalue weighted by Gasteiger charge is 2.17. The fourth-order valence-electron chi connectivity index (χ4n) is 2.78. The predicted octanol–water partition coefficient (Wildman–Crippen LogP) is 4.34. The summed E-state index contributed by atoms with van der Waals surface area (Å²) in [7, 11) is -3.68. The van der Waals surface area contributed by atoms with E-state index in [4.69, 9.17) is 0 Å². The molecule has 0 aliphatic heterocycles. The molecule has 6 heteroatoms. The van der Waals surface area contributed by atoms with Crippen molar-refractivity contribution in [1.29, 1.82) is 0 Å². The lowest BCUT2D eigenvalue weighted by atomic mass is 10.2. The van der Waals surface area contributed by atoms with Crippen LogP contribution in [0.5, 0.6) is 0 Å². The van der Waals surface area contributed by atoms with Gasteiger partial charge in [0, 0.05) is 5.56 Å². The lowest BCUT2D eigenvalue weighted by molar-refractivity contribution is 0.601. The van der Waals surface area contributed by atoms with Gasteiger partial charge in [-0.2, -0.15) is 0 Å². The molecule has 4 aromatic rings. The first-order valence-corrected chi connectivity index (χ1v) is 9.65. The van der Waals surface area contributed by atoms with Crippen molar-refractivity contribution in [2.24, 2.45) is 0 Å². The van der Waals surface area contributed by atoms with E-state index in [1.165, 1.54) is 0 Å². The topological polar surface area (TPSA) is 74.8 Å². The van der Waals surface area contributed by atoms with Crippen molar-refractivity contribution in [3.05, 3.63) is 78.4 Å². The zero-order valence-electron chi connectivity index (χ0n) is 14.1. The number of rotatable bonds is 4. The van der Waals surface area contributed by atoms with Gasteiger partial charge in [-0.3, -0.25) is 4.72 Å². The van der Waals surface area contributed by atoms with Crippen LogP contribution in [-0.4, -0.2) is 18.4 Å². The standard InChI is InChI=1S/C20H17N3O2S/c1-14-7-5-6-10-17(14)23-26(24,25)16-11-12-18-19(13-16)22-20(21-18)15-8-3-2-4-9-15/h2-13,23H,1H3,(H,21,22). The molecule has 4 rings (SSSR count). The molecule has 2 N–H and O–H groups in total. The normalized spacial score (nSPS) is 11.6. The van der Waals surface area contributed by atoms with Crippen LogP contribution in [0.25, 0.3) is 22.4 Å². The predicted molar refractivity (Wildman–Crippen MR) is 104 cm³/mol. The van der Waals surface area contributed by atoms with Gasteiger partial charge in [0.25, 0.3) is 10.0 Å². The highest BCUT2D eigenvalue weighted by atomic mass is 32.2. The van der Waals surface area contributed by atoms with Gasteiger partial charge in [-0.25, -0.2) is 13.4 Å². The Bertz CT molecular complexity index is 1180. The summed E-state index contributed by atoms with van der Waals surface area (Å²) >= 11 is 0. The van der Waals surface area contributed by atoms with Gasteiger partial charge in [-0.1, -0.05) is 48.5 Å². The van der Waals surface area contributed by atoms with Crippen LogP contribution < -0.4 is 4.72 Å². The summed E-state index contributed by atoms with van der Waals surface area (Å²) in [4.78, 5) is 7.92. The third-order valence-corrected chi connectivity index (χ3v) is 5.56. The maximum Gasteiger partial charge on any atom is 0.261 e. The molecular weight excluding hydrogens is 346 g/mol. The quantitative estimate of drug-likeness (QED) is 0.566. The molecule has 130 valence electrons. The summed E-state index contributed by atoms with van der Waals surface area (Å²) in [6, 6.07) is 21.9. The average Bonchev–Trinajstić information content (AvgIpc) is 3.07.